The molecule has 0 amide bonds. The van der Waals surface area contributed by atoms with Crippen LogP contribution < -0.4 is 0 Å². The normalized spacial score (nSPS) is 13.1. The fourth-order valence-electron chi connectivity index (χ4n) is 8.04. The van der Waals surface area contributed by atoms with E-state index in [0.29, 0.717) is 16.8 Å². The summed E-state index contributed by atoms with van der Waals surface area (Å²) >= 11 is 0. The van der Waals surface area contributed by atoms with Gasteiger partial charge in [0, 0.05) is 16.2 Å². The second kappa shape index (κ2) is 12.2. The number of hydrogen-bond donors (Lipinski definition) is 0. The Morgan fingerprint density at radius 1 is 0.667 bits per heavy atom. The lowest BCUT2D eigenvalue weighted by atomic mass is 9.82. The van der Waals surface area contributed by atoms with E-state index in [1.54, 1.807) is 6.08 Å². The van der Waals surface area contributed by atoms with E-state index in [-0.39, 0.29) is 5.41 Å². The zero-order chi connectivity index (χ0) is 35.3. The highest BCUT2D eigenvalue weighted by atomic mass is 15.0. The second-order valence-corrected chi connectivity index (χ2v) is 13.4. The summed E-state index contributed by atoms with van der Waals surface area (Å²) in [5.74, 6) is 2.61. The predicted molar refractivity (Wildman–Crippen MR) is 210 cm³/mol. The standard InChI is InChI=1S/C48H33N3/c1-5-7-16-31(6-2)36-21-15-22-37(32-17-9-8-10-18-32)46(36)33-25-34(29-49)47(35(26-33)30-50)51-44-24-14-12-20-39(44)41-27-40-38-19-11-13-23-42(38)48(3,4)43(40)28-45(41)51/h1,6-28H,2-4H3/b16-7-,31-6+. The highest BCUT2D eigenvalue weighted by Crippen LogP contribution is 2.51. The average Bonchev–Trinajstić information content (AvgIpc) is 3.61. The van der Waals surface area contributed by atoms with Crippen LogP contribution in [0.4, 0.5) is 0 Å². The Morgan fingerprint density at radius 2 is 1.35 bits per heavy atom. The van der Waals surface area contributed by atoms with Crippen LogP contribution in [0.2, 0.25) is 0 Å². The quantitative estimate of drug-likeness (QED) is 0.137. The Morgan fingerprint density at radius 3 is 2.08 bits per heavy atom. The van der Waals surface area contributed by atoms with Crippen molar-refractivity contribution in [1.82, 2.24) is 4.57 Å². The predicted octanol–water partition coefficient (Wildman–Crippen LogP) is 11.8. The van der Waals surface area contributed by atoms with Crippen molar-refractivity contribution in [2.75, 3.05) is 0 Å². The van der Waals surface area contributed by atoms with Gasteiger partial charge in [-0.1, -0.05) is 117 Å². The molecule has 0 fully saturated rings. The van der Waals surface area contributed by atoms with Gasteiger partial charge in [-0.05, 0) is 105 Å². The molecule has 0 saturated heterocycles. The molecule has 51 heavy (non-hydrogen) atoms. The molecule has 3 nitrogen and oxygen atoms in total. The van der Waals surface area contributed by atoms with Crippen LogP contribution in [0.5, 0.6) is 0 Å². The number of fused-ring (bicyclic) bond motifs is 6. The van der Waals surface area contributed by atoms with Gasteiger partial charge in [-0.15, -0.1) is 6.42 Å². The van der Waals surface area contributed by atoms with Gasteiger partial charge in [-0.2, -0.15) is 10.5 Å². The second-order valence-electron chi connectivity index (χ2n) is 13.4. The first-order valence-electron chi connectivity index (χ1n) is 17.1. The van der Waals surface area contributed by atoms with Crippen LogP contribution in [0.15, 0.2) is 140 Å². The maximum Gasteiger partial charge on any atom is 0.101 e. The van der Waals surface area contributed by atoms with E-state index >= 15 is 0 Å². The molecule has 0 N–H and O–H groups in total. The molecule has 0 aliphatic heterocycles. The fourth-order valence-corrected chi connectivity index (χ4v) is 8.04. The van der Waals surface area contributed by atoms with Crippen molar-refractivity contribution in [2.24, 2.45) is 0 Å². The molecule has 6 aromatic carbocycles. The Kier molecular flexibility index (Phi) is 7.53. The summed E-state index contributed by atoms with van der Waals surface area (Å²) in [6.45, 7) is 6.52. The fraction of sp³-hybridized carbons (Fsp3) is 0.0833. The van der Waals surface area contributed by atoms with Crippen LogP contribution in [0.1, 0.15) is 48.6 Å². The number of benzene rings is 6. The van der Waals surface area contributed by atoms with Gasteiger partial charge in [-0.3, -0.25) is 0 Å². The van der Waals surface area contributed by atoms with Crippen molar-refractivity contribution in [1.29, 1.82) is 10.5 Å². The minimum absolute atomic E-state index is 0.211. The number of terminal acetylenes is 1. The van der Waals surface area contributed by atoms with Gasteiger partial charge < -0.3 is 4.57 Å². The van der Waals surface area contributed by atoms with Crippen LogP contribution >= 0.6 is 0 Å². The molecule has 0 saturated carbocycles. The third-order valence-corrected chi connectivity index (χ3v) is 10.4. The Bertz CT molecular complexity index is 2710. The van der Waals surface area contributed by atoms with Gasteiger partial charge in [0.1, 0.15) is 12.1 Å². The Balaban J connectivity index is 1.44. The van der Waals surface area contributed by atoms with Crippen molar-refractivity contribution >= 4 is 27.4 Å². The van der Waals surface area contributed by atoms with Gasteiger partial charge >= 0.3 is 0 Å². The molecular formula is C48H33N3. The van der Waals surface area contributed by atoms with Gasteiger partial charge in [0.25, 0.3) is 0 Å². The van der Waals surface area contributed by atoms with E-state index in [1.165, 1.54) is 22.3 Å². The first-order valence-corrected chi connectivity index (χ1v) is 17.1. The largest absolute Gasteiger partial charge is 0.307 e. The van der Waals surface area contributed by atoms with Crippen molar-refractivity contribution in [3.05, 3.63) is 167 Å². The molecule has 3 heteroatoms. The summed E-state index contributed by atoms with van der Waals surface area (Å²) in [7, 11) is 0. The first-order chi connectivity index (χ1) is 24.9. The van der Waals surface area contributed by atoms with Crippen LogP contribution in [-0.2, 0) is 5.41 Å². The number of aromatic nitrogens is 1. The van der Waals surface area contributed by atoms with Gasteiger partial charge in [0.2, 0.25) is 0 Å². The van der Waals surface area contributed by atoms with Crippen LogP contribution in [0.25, 0.3) is 66.4 Å². The van der Waals surface area contributed by atoms with E-state index < -0.39 is 0 Å². The Labute approximate surface area is 298 Å². The molecule has 7 aromatic rings. The summed E-state index contributed by atoms with van der Waals surface area (Å²) < 4.78 is 2.13. The number of nitriles is 2. The van der Waals surface area contributed by atoms with Crippen LogP contribution in [0, 0.1) is 35.0 Å². The number of nitrogens with zero attached hydrogens (tertiary/aromatic N) is 3. The van der Waals surface area contributed by atoms with Gasteiger partial charge in [0.15, 0.2) is 0 Å². The highest BCUT2D eigenvalue weighted by Gasteiger charge is 2.36. The topological polar surface area (TPSA) is 52.5 Å². The molecule has 0 radical (unpaired) electrons. The zero-order valence-corrected chi connectivity index (χ0v) is 28.7. The van der Waals surface area contributed by atoms with E-state index in [1.807, 2.05) is 67.6 Å². The lowest BCUT2D eigenvalue weighted by Crippen LogP contribution is -2.15. The summed E-state index contributed by atoms with van der Waals surface area (Å²) in [6.07, 6.45) is 11.3. The summed E-state index contributed by atoms with van der Waals surface area (Å²) in [4.78, 5) is 0. The first kappa shape index (κ1) is 31.4. The SMILES string of the molecule is C#C/C=C\C(=C/C)c1cccc(-c2ccccc2)c1-c1cc(C#N)c(-n2c3ccccc3c3cc4c(cc32)C(C)(C)c2ccccc2-4)c(C#N)c1. The maximum atomic E-state index is 10.9. The van der Waals surface area contributed by atoms with Crippen LogP contribution in [0.3, 0.4) is 0 Å². The monoisotopic (exact) mass is 651 g/mol. The lowest BCUT2D eigenvalue weighted by Gasteiger charge is -2.22. The molecule has 1 aliphatic rings. The van der Waals surface area contributed by atoms with E-state index in [2.05, 4.69) is 109 Å². The van der Waals surface area contributed by atoms with Crippen molar-refractivity contribution < 1.29 is 0 Å². The Hall–Kier alpha value is -6.86. The number of allylic oxidation sites excluding steroid dienone is 4. The van der Waals surface area contributed by atoms with Crippen molar-refractivity contribution in [3.8, 4) is 63.6 Å². The third-order valence-electron chi connectivity index (χ3n) is 10.4. The van der Waals surface area contributed by atoms with Gasteiger partial charge in [0.05, 0.1) is 27.8 Å². The molecule has 1 heterocycles. The number of para-hydroxylation sites is 1. The third kappa shape index (κ3) is 4.82. The molecule has 1 aliphatic carbocycles. The lowest BCUT2D eigenvalue weighted by molar-refractivity contribution is 0.661. The minimum Gasteiger partial charge on any atom is -0.307 e. The molecule has 0 atom stereocenters. The average molecular weight is 652 g/mol. The van der Waals surface area contributed by atoms with E-state index in [9.17, 15) is 10.5 Å². The molecule has 0 spiro atoms. The molecule has 0 unspecified atom stereocenters. The highest BCUT2D eigenvalue weighted by molar-refractivity contribution is 6.12. The van der Waals surface area contributed by atoms with Crippen molar-refractivity contribution in [3.63, 3.8) is 0 Å². The van der Waals surface area contributed by atoms with E-state index in [0.717, 1.165) is 55.2 Å². The van der Waals surface area contributed by atoms with Crippen LogP contribution in [-0.4, -0.2) is 4.57 Å². The summed E-state index contributed by atoms with van der Waals surface area (Å²) in [6, 6.07) is 46.8. The summed E-state index contributed by atoms with van der Waals surface area (Å²) in [5, 5.41) is 24.0. The number of rotatable bonds is 5. The molecule has 240 valence electrons. The van der Waals surface area contributed by atoms with Gasteiger partial charge in [-0.25, -0.2) is 0 Å². The zero-order valence-electron chi connectivity index (χ0n) is 28.7. The molecular weight excluding hydrogens is 619 g/mol. The van der Waals surface area contributed by atoms with Crippen molar-refractivity contribution in [2.45, 2.75) is 26.2 Å². The minimum atomic E-state index is -0.211. The number of hydrogen-bond acceptors (Lipinski definition) is 2. The molecule has 1 aromatic heterocycles. The maximum absolute atomic E-state index is 10.9. The summed E-state index contributed by atoms with van der Waals surface area (Å²) in [5.41, 5.74) is 13.8. The molecule has 8 rings (SSSR count). The smallest absolute Gasteiger partial charge is 0.101 e. The molecule has 0 bridgehead atoms. The van der Waals surface area contributed by atoms with E-state index in [4.69, 9.17) is 6.42 Å².